The molecule has 0 aromatic carbocycles. The van der Waals surface area contributed by atoms with Gasteiger partial charge < -0.3 is 0 Å². The van der Waals surface area contributed by atoms with Crippen molar-refractivity contribution in [3.63, 3.8) is 0 Å². The molecule has 0 fully saturated rings. The van der Waals surface area contributed by atoms with Gasteiger partial charge in [0.1, 0.15) is 0 Å². The first kappa shape index (κ1) is 51.1. The van der Waals surface area contributed by atoms with E-state index >= 15 is 0 Å². The summed E-state index contributed by atoms with van der Waals surface area (Å²) >= 11 is 1.69. The van der Waals surface area contributed by atoms with Gasteiger partial charge in [-0.25, -0.2) is 0 Å². The zero-order valence-corrected chi connectivity index (χ0v) is 7.58. The van der Waals surface area contributed by atoms with Gasteiger partial charge >= 0.3 is 38.6 Å². The molecule has 0 saturated heterocycles. The molecule has 0 atom stereocenters. The monoisotopic (exact) mass is 310 g/mol. The van der Waals surface area contributed by atoms with Crippen molar-refractivity contribution in [2.75, 3.05) is 0 Å². The van der Waals surface area contributed by atoms with Crippen molar-refractivity contribution in [3.8, 4) is 0 Å². The summed E-state index contributed by atoms with van der Waals surface area (Å²) in [6, 6.07) is 0. The molecular weight excluding hydrogens is 309 g/mol. The van der Waals surface area contributed by atoms with E-state index in [1.54, 1.807) is 15.9 Å². The van der Waals surface area contributed by atoms with Crippen LogP contribution in [0.1, 0.15) is 0 Å². The molecule has 0 bridgehead atoms. The number of hydrogen-bond donors (Lipinski definition) is 0. The van der Waals surface area contributed by atoms with E-state index in [9.17, 15) is 0 Å². The molecule has 0 aromatic heterocycles. The molecule has 0 aliphatic rings. The van der Waals surface area contributed by atoms with E-state index in [2.05, 4.69) is 0 Å². The van der Waals surface area contributed by atoms with Crippen LogP contribution in [0.15, 0.2) is 0 Å². The second-order valence-corrected chi connectivity index (χ2v) is 0. The molecule has 3 radical (unpaired) electrons. The van der Waals surface area contributed by atoms with Crippen LogP contribution in [-0.2, 0) is 86.9 Å². The SMILES string of the molecule is [Co].[Co].[LiH].[Mn].[Ni].[O]=[Mn]. The maximum absolute atomic E-state index is 8.06. The van der Waals surface area contributed by atoms with Crippen LogP contribution in [0.4, 0.5) is 0 Å². The Morgan fingerprint density at radius 1 is 1.00 bits per heavy atom. The molecule has 1 nitrogen and oxygen atoms in total. The van der Waals surface area contributed by atoms with Gasteiger partial charge in [-0.2, -0.15) is 0 Å². The van der Waals surface area contributed by atoms with Gasteiger partial charge in [0.25, 0.3) is 0 Å². The van der Waals surface area contributed by atoms with Crippen LogP contribution in [0.5, 0.6) is 0 Å². The van der Waals surface area contributed by atoms with Gasteiger partial charge in [-0.3, -0.25) is 0 Å². The average Bonchev–Trinajstić information content (AvgIpc) is 1.00. The van der Waals surface area contributed by atoms with Crippen molar-refractivity contribution in [3.05, 3.63) is 0 Å². The van der Waals surface area contributed by atoms with Gasteiger partial charge in [0.2, 0.25) is 0 Å². The summed E-state index contributed by atoms with van der Waals surface area (Å²) in [4.78, 5) is 0. The molecule has 0 amide bonds. The second kappa shape index (κ2) is 65.1. The predicted molar refractivity (Wildman–Crippen MR) is 7.84 cm³/mol. The summed E-state index contributed by atoms with van der Waals surface area (Å²) in [5.41, 5.74) is 0. The predicted octanol–water partition coefficient (Wildman–Crippen LogP) is -0.780. The Balaban J connectivity index is -0.000000000500. The quantitative estimate of drug-likeness (QED) is 0.537. The molecule has 0 heterocycles. The van der Waals surface area contributed by atoms with Crippen LogP contribution >= 0.6 is 0 Å². The van der Waals surface area contributed by atoms with Crippen LogP contribution in [0.2, 0.25) is 0 Å². The van der Waals surface area contributed by atoms with Gasteiger partial charge in [0.05, 0.1) is 0 Å². The van der Waals surface area contributed by atoms with E-state index in [1.165, 1.54) is 0 Å². The van der Waals surface area contributed by atoms with E-state index in [0.29, 0.717) is 0 Å². The molecule has 0 aromatic rings. The van der Waals surface area contributed by atoms with Crippen LogP contribution < -0.4 is 0 Å². The van der Waals surface area contributed by atoms with E-state index < -0.39 is 0 Å². The van der Waals surface area contributed by atoms with Gasteiger partial charge in [0.15, 0.2) is 0 Å². The minimum absolute atomic E-state index is 0. The zero-order valence-electron chi connectivity index (χ0n) is 2.15. The number of hydrogen-bond acceptors (Lipinski definition) is 1. The molecule has 0 aliphatic heterocycles. The van der Waals surface area contributed by atoms with Crippen molar-refractivity contribution < 1.29 is 86.9 Å². The Hall–Kier alpha value is 2.94. The van der Waals surface area contributed by atoms with Crippen LogP contribution in [0, 0.1) is 0 Å². The van der Waals surface area contributed by atoms with Gasteiger partial charge in [-0.05, 0) is 0 Å². The van der Waals surface area contributed by atoms with Crippen LogP contribution in [0.3, 0.4) is 0 Å². The summed E-state index contributed by atoms with van der Waals surface area (Å²) in [6.45, 7) is 0. The summed E-state index contributed by atoms with van der Waals surface area (Å²) in [5.74, 6) is 0. The third-order valence-corrected chi connectivity index (χ3v) is 0. The summed E-state index contributed by atoms with van der Waals surface area (Å²) in [5, 5.41) is 0. The first-order chi connectivity index (χ1) is 1.00. The third-order valence-electron chi connectivity index (χ3n) is 0. The van der Waals surface area contributed by atoms with Crippen LogP contribution in [0.25, 0.3) is 0 Å². The standard InChI is InChI=1S/2Co.Li.2Mn.Ni.O.H. The zero-order chi connectivity index (χ0) is 2.00. The molecule has 0 unspecified atom stereocenters. The molecule has 7 heavy (non-hydrogen) atoms. The van der Waals surface area contributed by atoms with Gasteiger partial charge in [0, 0.05) is 67.1 Å². The first-order valence-corrected chi connectivity index (χ1v) is 0.636. The molecule has 0 spiro atoms. The Bertz CT molecular complexity index is 15.7. The minimum atomic E-state index is 0. The molecule has 7 heteroatoms. The van der Waals surface area contributed by atoms with Crippen molar-refractivity contribution >= 4 is 18.9 Å². The third kappa shape index (κ3) is 49.8. The van der Waals surface area contributed by atoms with Gasteiger partial charge in [-0.15, -0.1) is 0 Å². The van der Waals surface area contributed by atoms with E-state index in [1.807, 2.05) is 0 Å². The molecule has 0 aliphatic carbocycles. The Labute approximate surface area is 104 Å². The average molecular weight is 310 g/mol. The van der Waals surface area contributed by atoms with E-state index in [0.717, 1.165) is 0 Å². The fraction of sp³-hybridized carbons (Fsp3) is 0. The second-order valence-electron chi connectivity index (χ2n) is 0. The van der Waals surface area contributed by atoms with Crippen molar-refractivity contribution in [2.24, 2.45) is 0 Å². The topological polar surface area (TPSA) is 17.1 Å². The summed E-state index contributed by atoms with van der Waals surface area (Å²) < 4.78 is 8.06. The first-order valence-electron chi connectivity index (χ1n) is 0.154. The van der Waals surface area contributed by atoms with Gasteiger partial charge in [-0.1, -0.05) is 0 Å². The fourth-order valence-electron chi connectivity index (χ4n) is 0. The molecule has 50 valence electrons. The summed E-state index contributed by atoms with van der Waals surface area (Å²) in [7, 11) is 0. The maximum atomic E-state index is 8.06. The van der Waals surface area contributed by atoms with Crippen molar-refractivity contribution in [2.45, 2.75) is 0 Å². The molecule has 0 rings (SSSR count). The normalized spacial score (nSPS) is 0.571. The molecular formula is HCo2LiMn2NiO. The summed E-state index contributed by atoms with van der Waals surface area (Å²) in [6.07, 6.45) is 0. The van der Waals surface area contributed by atoms with Crippen molar-refractivity contribution in [1.82, 2.24) is 0 Å². The molecule has 0 saturated carbocycles. The van der Waals surface area contributed by atoms with Crippen molar-refractivity contribution in [1.29, 1.82) is 0 Å². The van der Waals surface area contributed by atoms with E-state index in [-0.39, 0.29) is 86.0 Å². The molecule has 0 N–H and O–H groups in total. The Morgan fingerprint density at radius 3 is 1.00 bits per heavy atom. The Morgan fingerprint density at radius 2 is 1.00 bits per heavy atom. The Kier molecular flexibility index (Phi) is 476. The fourth-order valence-corrected chi connectivity index (χ4v) is 0. The van der Waals surface area contributed by atoms with Crippen LogP contribution in [-0.4, -0.2) is 18.9 Å². The number of rotatable bonds is 0. The van der Waals surface area contributed by atoms with E-state index in [4.69, 9.17) is 3.83 Å².